The first-order valence-corrected chi connectivity index (χ1v) is 11.5. The lowest BCUT2D eigenvalue weighted by Gasteiger charge is -2.23. The van der Waals surface area contributed by atoms with E-state index in [1.807, 2.05) is 56.3 Å². The fourth-order valence-electron chi connectivity index (χ4n) is 3.59. The Morgan fingerprint density at radius 1 is 0.824 bits per heavy atom. The number of unbranched alkanes of at least 4 members (excludes halogenated alkanes) is 1. The van der Waals surface area contributed by atoms with Gasteiger partial charge in [0, 0.05) is 11.1 Å². The summed E-state index contributed by atoms with van der Waals surface area (Å²) in [6.45, 7) is 6.40. The molecule has 178 valence electrons. The number of carbonyl (C=O) groups excluding carboxylic acids is 2. The molecule has 3 rings (SSSR count). The zero-order valence-corrected chi connectivity index (χ0v) is 20.2. The van der Waals surface area contributed by atoms with Crippen molar-refractivity contribution in [2.75, 3.05) is 13.7 Å². The SMILES string of the molecule is CCCCOc1cc(C(NC(=O)c2ccccc2C)NC(=O)c2ccccc2C)ccc1OC. The Kier molecular flexibility index (Phi) is 8.68. The fraction of sp³-hybridized carbons (Fsp3) is 0.286. The van der Waals surface area contributed by atoms with Gasteiger partial charge in [-0.25, -0.2) is 0 Å². The Bertz CT molecular complexity index is 1080. The van der Waals surface area contributed by atoms with E-state index in [2.05, 4.69) is 17.6 Å². The lowest BCUT2D eigenvalue weighted by molar-refractivity contribution is 0.0882. The van der Waals surface area contributed by atoms with E-state index in [0.717, 1.165) is 24.0 Å². The van der Waals surface area contributed by atoms with E-state index in [9.17, 15) is 9.59 Å². The Morgan fingerprint density at radius 2 is 1.38 bits per heavy atom. The van der Waals surface area contributed by atoms with Gasteiger partial charge in [-0.1, -0.05) is 55.8 Å². The highest BCUT2D eigenvalue weighted by Gasteiger charge is 2.22. The lowest BCUT2D eigenvalue weighted by Crippen LogP contribution is -2.41. The second-order valence-corrected chi connectivity index (χ2v) is 8.12. The van der Waals surface area contributed by atoms with Crippen LogP contribution < -0.4 is 20.1 Å². The summed E-state index contributed by atoms with van der Waals surface area (Å²) in [5, 5.41) is 5.95. The Labute approximate surface area is 201 Å². The van der Waals surface area contributed by atoms with Gasteiger partial charge in [-0.05, 0) is 61.2 Å². The molecule has 3 aromatic carbocycles. The summed E-state index contributed by atoms with van der Waals surface area (Å²) in [5.74, 6) is 0.595. The van der Waals surface area contributed by atoms with Crippen molar-refractivity contribution < 1.29 is 19.1 Å². The number of amides is 2. The van der Waals surface area contributed by atoms with Gasteiger partial charge >= 0.3 is 0 Å². The van der Waals surface area contributed by atoms with Crippen LogP contribution in [-0.2, 0) is 0 Å². The van der Waals surface area contributed by atoms with Gasteiger partial charge in [0.15, 0.2) is 11.5 Å². The minimum absolute atomic E-state index is 0.280. The Balaban J connectivity index is 1.94. The molecule has 2 amide bonds. The van der Waals surface area contributed by atoms with Gasteiger partial charge in [-0.3, -0.25) is 9.59 Å². The second kappa shape index (κ2) is 11.9. The van der Waals surface area contributed by atoms with Gasteiger partial charge in [0.25, 0.3) is 11.8 Å². The normalized spacial score (nSPS) is 10.6. The molecule has 0 aliphatic heterocycles. The van der Waals surface area contributed by atoms with E-state index >= 15 is 0 Å². The highest BCUT2D eigenvalue weighted by molar-refractivity contribution is 5.98. The van der Waals surface area contributed by atoms with Crippen molar-refractivity contribution >= 4 is 11.8 Å². The summed E-state index contributed by atoms with van der Waals surface area (Å²) >= 11 is 0. The van der Waals surface area contributed by atoms with E-state index in [-0.39, 0.29) is 11.8 Å². The quantitative estimate of drug-likeness (QED) is 0.316. The van der Waals surface area contributed by atoms with E-state index in [4.69, 9.17) is 9.47 Å². The number of carbonyl (C=O) groups is 2. The first-order chi connectivity index (χ1) is 16.4. The first-order valence-electron chi connectivity index (χ1n) is 11.5. The van der Waals surface area contributed by atoms with Crippen molar-refractivity contribution in [3.63, 3.8) is 0 Å². The zero-order chi connectivity index (χ0) is 24.5. The molecule has 0 aromatic heterocycles. The lowest BCUT2D eigenvalue weighted by atomic mass is 10.1. The Hall–Kier alpha value is -3.80. The van der Waals surface area contributed by atoms with Crippen LogP contribution in [0.2, 0.25) is 0 Å². The maximum absolute atomic E-state index is 13.1. The highest BCUT2D eigenvalue weighted by atomic mass is 16.5. The van der Waals surface area contributed by atoms with Gasteiger partial charge in [0.2, 0.25) is 0 Å². The van der Waals surface area contributed by atoms with Crippen molar-refractivity contribution in [1.29, 1.82) is 0 Å². The van der Waals surface area contributed by atoms with Crippen LogP contribution >= 0.6 is 0 Å². The highest BCUT2D eigenvalue weighted by Crippen LogP contribution is 2.30. The summed E-state index contributed by atoms with van der Waals surface area (Å²) in [5.41, 5.74) is 3.47. The zero-order valence-electron chi connectivity index (χ0n) is 20.2. The van der Waals surface area contributed by atoms with Gasteiger partial charge in [-0.2, -0.15) is 0 Å². The number of aryl methyl sites for hydroxylation is 2. The fourth-order valence-corrected chi connectivity index (χ4v) is 3.59. The summed E-state index contributed by atoms with van der Waals surface area (Å²) < 4.78 is 11.4. The number of rotatable bonds is 10. The monoisotopic (exact) mass is 460 g/mol. The minimum atomic E-state index is -0.779. The van der Waals surface area contributed by atoms with Crippen LogP contribution in [0.5, 0.6) is 11.5 Å². The van der Waals surface area contributed by atoms with Crippen molar-refractivity contribution in [2.45, 2.75) is 39.8 Å². The number of methoxy groups -OCH3 is 1. The standard InChI is InChI=1S/C28H32N2O4/c1-5-6-17-34-25-18-21(15-16-24(25)33-4)26(29-27(31)22-13-9-7-11-19(22)2)30-28(32)23-14-10-8-12-20(23)3/h7-16,18,26H,5-6,17H2,1-4H3,(H,29,31)(H,30,32). The van der Waals surface area contributed by atoms with Crippen LogP contribution in [-0.4, -0.2) is 25.5 Å². The molecule has 2 N–H and O–H groups in total. The summed E-state index contributed by atoms with van der Waals surface area (Å²) in [7, 11) is 1.58. The number of hydrogen-bond donors (Lipinski definition) is 2. The summed E-state index contributed by atoms with van der Waals surface area (Å²) in [4.78, 5) is 26.3. The van der Waals surface area contributed by atoms with E-state index in [1.165, 1.54) is 0 Å². The van der Waals surface area contributed by atoms with E-state index < -0.39 is 6.17 Å². The summed E-state index contributed by atoms with van der Waals surface area (Å²) in [6.07, 6.45) is 1.13. The molecule has 0 radical (unpaired) electrons. The maximum atomic E-state index is 13.1. The number of benzene rings is 3. The molecule has 0 unspecified atom stereocenters. The maximum Gasteiger partial charge on any atom is 0.253 e. The van der Waals surface area contributed by atoms with Crippen LogP contribution in [0.15, 0.2) is 66.7 Å². The van der Waals surface area contributed by atoms with Crippen LogP contribution in [0.1, 0.15) is 63.3 Å². The third-order valence-corrected chi connectivity index (χ3v) is 5.61. The van der Waals surface area contributed by atoms with Gasteiger partial charge in [0.05, 0.1) is 13.7 Å². The molecule has 0 atom stereocenters. The van der Waals surface area contributed by atoms with Crippen molar-refractivity contribution in [3.05, 3.63) is 94.5 Å². The van der Waals surface area contributed by atoms with Crippen molar-refractivity contribution in [3.8, 4) is 11.5 Å². The third kappa shape index (κ3) is 6.16. The third-order valence-electron chi connectivity index (χ3n) is 5.61. The van der Waals surface area contributed by atoms with E-state index in [0.29, 0.717) is 34.8 Å². The Morgan fingerprint density at radius 3 is 1.88 bits per heavy atom. The average Bonchev–Trinajstić information content (AvgIpc) is 2.84. The predicted octanol–water partition coefficient (Wildman–Crippen LogP) is 5.35. The molecule has 0 aliphatic carbocycles. The van der Waals surface area contributed by atoms with Gasteiger partial charge < -0.3 is 20.1 Å². The molecule has 3 aromatic rings. The molecule has 0 bridgehead atoms. The molecule has 0 fully saturated rings. The largest absolute Gasteiger partial charge is 0.493 e. The van der Waals surface area contributed by atoms with Crippen LogP contribution in [0.4, 0.5) is 0 Å². The molecular formula is C28H32N2O4. The molecule has 0 saturated carbocycles. The molecule has 0 aliphatic rings. The second-order valence-electron chi connectivity index (χ2n) is 8.12. The number of nitrogens with one attached hydrogen (secondary N) is 2. The molecule has 0 spiro atoms. The number of ether oxygens (including phenoxy) is 2. The van der Waals surface area contributed by atoms with Crippen LogP contribution in [0.25, 0.3) is 0 Å². The molecule has 0 saturated heterocycles. The molecule has 0 heterocycles. The topological polar surface area (TPSA) is 76.7 Å². The van der Waals surface area contributed by atoms with Crippen LogP contribution in [0, 0.1) is 13.8 Å². The average molecular weight is 461 g/mol. The predicted molar refractivity (Wildman–Crippen MR) is 133 cm³/mol. The van der Waals surface area contributed by atoms with Crippen LogP contribution in [0.3, 0.4) is 0 Å². The molecule has 6 heteroatoms. The molecule has 34 heavy (non-hydrogen) atoms. The van der Waals surface area contributed by atoms with Crippen molar-refractivity contribution in [1.82, 2.24) is 10.6 Å². The molecular weight excluding hydrogens is 428 g/mol. The van der Waals surface area contributed by atoms with E-state index in [1.54, 1.807) is 31.4 Å². The first kappa shape index (κ1) is 24.8. The van der Waals surface area contributed by atoms with Crippen molar-refractivity contribution in [2.24, 2.45) is 0 Å². The van der Waals surface area contributed by atoms with Gasteiger partial charge in [-0.15, -0.1) is 0 Å². The summed E-state index contributed by atoms with van der Waals surface area (Å²) in [6, 6.07) is 20.1. The van der Waals surface area contributed by atoms with Gasteiger partial charge in [0.1, 0.15) is 6.17 Å². The minimum Gasteiger partial charge on any atom is -0.493 e. The smallest absolute Gasteiger partial charge is 0.253 e. The molecule has 6 nitrogen and oxygen atoms in total. The number of hydrogen-bond acceptors (Lipinski definition) is 4.